The predicted octanol–water partition coefficient (Wildman–Crippen LogP) is 4.48. The maximum Gasteiger partial charge on any atom is 0.264 e. The number of carbonyl (C=O) groups excluding carboxylic acids is 2. The first-order valence-electron chi connectivity index (χ1n) is 13.5. The molecule has 3 aromatic carbocycles. The van der Waals surface area contributed by atoms with Crippen LogP contribution in [0.15, 0.2) is 83.8 Å². The van der Waals surface area contributed by atoms with Crippen LogP contribution in [-0.4, -0.2) is 58.5 Å². The van der Waals surface area contributed by atoms with Gasteiger partial charge in [0, 0.05) is 13.1 Å². The van der Waals surface area contributed by atoms with E-state index in [1.807, 2.05) is 32.9 Å². The van der Waals surface area contributed by atoms with Crippen molar-refractivity contribution in [2.45, 2.75) is 44.7 Å². The zero-order valence-electron chi connectivity index (χ0n) is 24.2. The Hall–Kier alpha value is -4.05. The van der Waals surface area contributed by atoms with Crippen molar-refractivity contribution in [3.05, 3.63) is 84.4 Å². The van der Waals surface area contributed by atoms with Crippen LogP contribution >= 0.6 is 0 Å². The molecule has 0 aliphatic heterocycles. The number of methoxy groups -OCH3 is 2. The Morgan fingerprint density at radius 2 is 1.51 bits per heavy atom. The molecule has 0 saturated carbocycles. The molecule has 3 rings (SSSR count). The van der Waals surface area contributed by atoms with Crippen molar-refractivity contribution in [1.82, 2.24) is 10.2 Å². The molecule has 0 aromatic heterocycles. The SMILES string of the molecule is CC[C@H](C(=O)NCC(C)C)N(Cc1ccc(OC)cc1)C(=O)CN(c1ccccc1OC)S(=O)(=O)c1ccccc1. The van der Waals surface area contributed by atoms with Gasteiger partial charge < -0.3 is 19.7 Å². The van der Waals surface area contributed by atoms with E-state index < -0.39 is 28.5 Å². The number of para-hydroxylation sites is 2. The Balaban J connectivity index is 2.06. The number of amides is 2. The Morgan fingerprint density at radius 3 is 2.10 bits per heavy atom. The molecule has 0 heterocycles. The summed E-state index contributed by atoms with van der Waals surface area (Å²) in [4.78, 5) is 28.9. The smallest absolute Gasteiger partial charge is 0.264 e. The second kappa shape index (κ2) is 14.5. The van der Waals surface area contributed by atoms with E-state index in [4.69, 9.17) is 9.47 Å². The number of hydrogen-bond acceptors (Lipinski definition) is 6. The second-order valence-electron chi connectivity index (χ2n) is 9.93. The van der Waals surface area contributed by atoms with Crippen molar-refractivity contribution >= 4 is 27.5 Å². The highest BCUT2D eigenvalue weighted by Crippen LogP contribution is 2.32. The summed E-state index contributed by atoms with van der Waals surface area (Å²) in [6, 6.07) is 20.9. The first-order valence-corrected chi connectivity index (χ1v) is 15.0. The first-order chi connectivity index (χ1) is 19.6. The van der Waals surface area contributed by atoms with Gasteiger partial charge in [-0.3, -0.25) is 13.9 Å². The Kier molecular flexibility index (Phi) is 11.2. The number of hydrogen-bond donors (Lipinski definition) is 1. The normalized spacial score (nSPS) is 12.0. The largest absolute Gasteiger partial charge is 0.497 e. The minimum atomic E-state index is -4.18. The van der Waals surface area contributed by atoms with E-state index >= 15 is 0 Å². The van der Waals surface area contributed by atoms with E-state index in [2.05, 4.69) is 5.32 Å². The quantitative estimate of drug-likeness (QED) is 0.301. The lowest BCUT2D eigenvalue weighted by Crippen LogP contribution is -2.52. The maximum absolute atomic E-state index is 14.1. The van der Waals surface area contributed by atoms with E-state index in [1.54, 1.807) is 61.7 Å². The van der Waals surface area contributed by atoms with Gasteiger partial charge in [0.15, 0.2) is 0 Å². The van der Waals surface area contributed by atoms with Crippen molar-refractivity contribution in [1.29, 1.82) is 0 Å². The summed E-state index contributed by atoms with van der Waals surface area (Å²) in [6.07, 6.45) is 0.339. The molecule has 0 bridgehead atoms. The molecule has 0 aliphatic carbocycles. The summed E-state index contributed by atoms with van der Waals surface area (Å²) < 4.78 is 39.7. The Labute approximate surface area is 243 Å². The Bertz CT molecular complexity index is 1390. The van der Waals surface area contributed by atoms with Crippen LogP contribution in [-0.2, 0) is 26.2 Å². The van der Waals surface area contributed by atoms with Gasteiger partial charge in [-0.2, -0.15) is 0 Å². The third kappa shape index (κ3) is 8.00. The zero-order chi connectivity index (χ0) is 30.0. The average Bonchev–Trinajstić information content (AvgIpc) is 2.99. The van der Waals surface area contributed by atoms with Gasteiger partial charge in [0.05, 0.1) is 24.8 Å². The second-order valence-corrected chi connectivity index (χ2v) is 11.8. The number of carbonyl (C=O) groups is 2. The van der Waals surface area contributed by atoms with Gasteiger partial charge in [0.1, 0.15) is 24.1 Å². The topological polar surface area (TPSA) is 105 Å². The lowest BCUT2D eigenvalue weighted by Gasteiger charge is -2.33. The molecule has 9 nitrogen and oxygen atoms in total. The number of sulfonamides is 1. The van der Waals surface area contributed by atoms with Gasteiger partial charge in [-0.15, -0.1) is 0 Å². The van der Waals surface area contributed by atoms with Crippen molar-refractivity contribution in [2.75, 3.05) is 31.6 Å². The summed E-state index contributed by atoms with van der Waals surface area (Å²) >= 11 is 0. The molecular weight excluding hydrogens is 542 g/mol. The van der Waals surface area contributed by atoms with Crippen LogP contribution in [0, 0.1) is 5.92 Å². The first kappa shape index (κ1) is 31.5. The third-order valence-corrected chi connectivity index (χ3v) is 8.32. The van der Waals surface area contributed by atoms with Crippen molar-refractivity contribution in [3.8, 4) is 11.5 Å². The number of benzene rings is 3. The summed E-state index contributed by atoms with van der Waals surface area (Å²) in [5.41, 5.74) is 0.984. The number of nitrogens with one attached hydrogen (secondary N) is 1. The maximum atomic E-state index is 14.1. The molecule has 0 spiro atoms. The summed E-state index contributed by atoms with van der Waals surface area (Å²) in [7, 11) is -1.18. The highest BCUT2D eigenvalue weighted by molar-refractivity contribution is 7.92. The fourth-order valence-electron chi connectivity index (χ4n) is 4.34. The predicted molar refractivity (Wildman–Crippen MR) is 159 cm³/mol. The minimum absolute atomic E-state index is 0.0297. The Morgan fingerprint density at radius 1 is 0.878 bits per heavy atom. The monoisotopic (exact) mass is 581 g/mol. The number of rotatable bonds is 14. The molecule has 0 saturated heterocycles. The van der Waals surface area contributed by atoms with Gasteiger partial charge in [-0.05, 0) is 54.3 Å². The molecule has 0 unspecified atom stereocenters. The van der Waals surface area contributed by atoms with Gasteiger partial charge in [-0.25, -0.2) is 8.42 Å². The highest BCUT2D eigenvalue weighted by atomic mass is 32.2. The van der Waals surface area contributed by atoms with Crippen LogP contribution in [0.2, 0.25) is 0 Å². The molecule has 220 valence electrons. The van der Waals surface area contributed by atoms with Crippen LogP contribution < -0.4 is 19.1 Å². The van der Waals surface area contributed by atoms with E-state index in [0.29, 0.717) is 24.5 Å². The molecule has 1 N–H and O–H groups in total. The molecule has 0 aliphatic rings. The van der Waals surface area contributed by atoms with Crippen LogP contribution in [0.5, 0.6) is 11.5 Å². The van der Waals surface area contributed by atoms with Crippen molar-refractivity contribution in [2.24, 2.45) is 5.92 Å². The zero-order valence-corrected chi connectivity index (χ0v) is 25.1. The molecule has 41 heavy (non-hydrogen) atoms. The summed E-state index contributed by atoms with van der Waals surface area (Å²) in [5, 5.41) is 2.93. The molecular formula is C31H39N3O6S. The summed E-state index contributed by atoms with van der Waals surface area (Å²) in [6.45, 7) is 5.81. The van der Waals surface area contributed by atoms with Crippen LogP contribution in [0.4, 0.5) is 5.69 Å². The molecule has 1 atom stereocenters. The van der Waals surface area contributed by atoms with E-state index in [0.717, 1.165) is 9.87 Å². The van der Waals surface area contributed by atoms with Gasteiger partial charge >= 0.3 is 0 Å². The lowest BCUT2D eigenvalue weighted by atomic mass is 10.1. The molecule has 0 fully saturated rings. The van der Waals surface area contributed by atoms with E-state index in [9.17, 15) is 18.0 Å². The van der Waals surface area contributed by atoms with Gasteiger partial charge in [0.2, 0.25) is 11.8 Å². The van der Waals surface area contributed by atoms with Crippen molar-refractivity contribution in [3.63, 3.8) is 0 Å². The standard InChI is InChI=1S/C31H39N3O6S/c1-6-27(31(36)32-20-23(2)3)33(21-24-16-18-25(39-4)19-17-24)30(35)22-34(28-14-10-11-15-29(28)40-5)41(37,38)26-12-8-7-9-13-26/h7-19,23,27H,6,20-22H2,1-5H3,(H,32,36)/t27-/m1/s1. The number of ether oxygens (including phenoxy) is 2. The highest BCUT2D eigenvalue weighted by Gasteiger charge is 2.34. The van der Waals surface area contributed by atoms with Crippen molar-refractivity contribution < 1.29 is 27.5 Å². The molecule has 2 amide bonds. The number of nitrogens with zero attached hydrogens (tertiary/aromatic N) is 2. The minimum Gasteiger partial charge on any atom is -0.497 e. The molecule has 10 heteroatoms. The fraction of sp³-hybridized carbons (Fsp3) is 0.355. The van der Waals surface area contributed by atoms with Gasteiger partial charge in [0.25, 0.3) is 10.0 Å². The molecule has 3 aromatic rings. The van der Waals surface area contributed by atoms with Crippen LogP contribution in [0.25, 0.3) is 0 Å². The van der Waals surface area contributed by atoms with E-state index in [-0.39, 0.29) is 29.0 Å². The van der Waals surface area contributed by atoms with Crippen LogP contribution in [0.1, 0.15) is 32.8 Å². The fourth-order valence-corrected chi connectivity index (χ4v) is 5.78. The van der Waals surface area contributed by atoms with Crippen LogP contribution in [0.3, 0.4) is 0 Å². The average molecular weight is 582 g/mol. The summed E-state index contributed by atoms with van der Waals surface area (Å²) in [5.74, 6) is 0.350. The van der Waals surface area contributed by atoms with E-state index in [1.165, 1.54) is 24.1 Å². The lowest BCUT2D eigenvalue weighted by molar-refractivity contribution is -0.140. The number of anilines is 1. The third-order valence-electron chi connectivity index (χ3n) is 6.55. The van der Waals surface area contributed by atoms with Gasteiger partial charge in [-0.1, -0.05) is 63.2 Å². The molecule has 0 radical (unpaired) electrons.